The van der Waals surface area contributed by atoms with Gasteiger partial charge in [0.2, 0.25) is 0 Å². The molecular formula is C54H40N4. The van der Waals surface area contributed by atoms with E-state index in [1.54, 1.807) is 0 Å². The van der Waals surface area contributed by atoms with Crippen LogP contribution in [0.4, 0.5) is 0 Å². The number of pyridine rings is 1. The van der Waals surface area contributed by atoms with Gasteiger partial charge in [-0.15, -0.1) is 0 Å². The summed E-state index contributed by atoms with van der Waals surface area (Å²) in [4.78, 5) is 19.7. The molecule has 0 amide bonds. The van der Waals surface area contributed by atoms with Crippen molar-refractivity contribution in [2.24, 2.45) is 0 Å². The quantitative estimate of drug-likeness (QED) is 0.163. The van der Waals surface area contributed by atoms with E-state index >= 15 is 0 Å². The molecule has 1 atom stereocenters. The normalized spacial score (nSPS) is 14.2. The number of aryl methyl sites for hydroxylation is 1. The van der Waals surface area contributed by atoms with Crippen LogP contribution in [-0.4, -0.2) is 19.9 Å². The van der Waals surface area contributed by atoms with Crippen LogP contribution in [0.15, 0.2) is 188 Å². The van der Waals surface area contributed by atoms with Crippen LogP contribution in [0.3, 0.4) is 0 Å². The third kappa shape index (κ3) is 5.76. The molecule has 0 N–H and O–H groups in total. The summed E-state index contributed by atoms with van der Waals surface area (Å²) in [5.74, 6) is 2.02. The van der Waals surface area contributed by atoms with Crippen LogP contribution in [0, 0.1) is 20.8 Å². The molecule has 4 nitrogen and oxygen atoms in total. The molecular weight excluding hydrogens is 705 g/mol. The van der Waals surface area contributed by atoms with Gasteiger partial charge in [0.1, 0.15) is 5.82 Å². The SMILES string of the molecule is Cc1nc(-c2ccccc2)nc(-c2ccc3c(c2)C(c2ccccc2)(c2ccc(-c4ccccc4-c4ncc(-c5ccccc5)c(C)c4C)cc2)c2ccccc2-3)n1. The van der Waals surface area contributed by atoms with Crippen molar-refractivity contribution >= 4 is 0 Å². The lowest BCUT2D eigenvalue weighted by molar-refractivity contribution is 0.768. The van der Waals surface area contributed by atoms with Gasteiger partial charge in [-0.2, -0.15) is 0 Å². The highest BCUT2D eigenvalue weighted by molar-refractivity contribution is 5.89. The molecule has 0 spiro atoms. The van der Waals surface area contributed by atoms with Crippen molar-refractivity contribution in [2.75, 3.05) is 0 Å². The monoisotopic (exact) mass is 744 g/mol. The molecule has 2 aromatic heterocycles. The number of benzene rings is 7. The second-order valence-electron chi connectivity index (χ2n) is 15.1. The van der Waals surface area contributed by atoms with Gasteiger partial charge < -0.3 is 0 Å². The minimum atomic E-state index is -0.589. The summed E-state index contributed by atoms with van der Waals surface area (Å²) in [5.41, 5.74) is 17.8. The lowest BCUT2D eigenvalue weighted by atomic mass is 9.67. The Morgan fingerprint density at radius 3 is 1.59 bits per heavy atom. The Kier molecular flexibility index (Phi) is 8.68. The average molecular weight is 745 g/mol. The first-order valence-corrected chi connectivity index (χ1v) is 19.8. The first-order valence-electron chi connectivity index (χ1n) is 19.8. The van der Waals surface area contributed by atoms with Crippen molar-refractivity contribution in [3.8, 4) is 67.4 Å². The van der Waals surface area contributed by atoms with Crippen molar-refractivity contribution in [2.45, 2.75) is 26.2 Å². The smallest absolute Gasteiger partial charge is 0.163 e. The van der Waals surface area contributed by atoms with Gasteiger partial charge >= 0.3 is 0 Å². The Bertz CT molecular complexity index is 2960. The van der Waals surface area contributed by atoms with Gasteiger partial charge in [0, 0.05) is 28.5 Å². The zero-order valence-electron chi connectivity index (χ0n) is 32.7. The van der Waals surface area contributed by atoms with E-state index in [1.807, 2.05) is 43.5 Å². The van der Waals surface area contributed by atoms with Gasteiger partial charge in [0.25, 0.3) is 0 Å². The highest BCUT2D eigenvalue weighted by Crippen LogP contribution is 2.57. The Balaban J connectivity index is 1.12. The lowest BCUT2D eigenvalue weighted by Gasteiger charge is -2.34. The fourth-order valence-corrected chi connectivity index (χ4v) is 8.95. The van der Waals surface area contributed by atoms with E-state index in [2.05, 4.69) is 166 Å². The number of aromatic nitrogens is 4. The predicted octanol–water partition coefficient (Wildman–Crippen LogP) is 12.9. The molecule has 1 aliphatic rings. The highest BCUT2D eigenvalue weighted by Gasteiger charge is 2.46. The minimum absolute atomic E-state index is 0.589. The molecule has 0 aliphatic heterocycles. The van der Waals surface area contributed by atoms with Gasteiger partial charge in [-0.1, -0.05) is 176 Å². The molecule has 7 aromatic carbocycles. The van der Waals surface area contributed by atoms with Gasteiger partial charge in [0.05, 0.1) is 11.1 Å². The third-order valence-corrected chi connectivity index (χ3v) is 11.8. The molecule has 0 saturated carbocycles. The maximum absolute atomic E-state index is 5.10. The predicted molar refractivity (Wildman–Crippen MR) is 236 cm³/mol. The Morgan fingerprint density at radius 1 is 0.362 bits per heavy atom. The van der Waals surface area contributed by atoms with Crippen molar-refractivity contribution in [1.29, 1.82) is 0 Å². The molecule has 9 aromatic rings. The maximum atomic E-state index is 5.10. The molecule has 10 rings (SSSR count). The van der Waals surface area contributed by atoms with Crippen molar-refractivity contribution < 1.29 is 0 Å². The number of hydrogen-bond acceptors (Lipinski definition) is 4. The molecule has 58 heavy (non-hydrogen) atoms. The molecule has 0 bridgehead atoms. The Morgan fingerprint density at radius 2 is 0.879 bits per heavy atom. The van der Waals surface area contributed by atoms with Crippen LogP contribution < -0.4 is 0 Å². The van der Waals surface area contributed by atoms with Gasteiger partial charge in [-0.3, -0.25) is 4.98 Å². The molecule has 4 heteroatoms. The van der Waals surface area contributed by atoms with Gasteiger partial charge in [-0.25, -0.2) is 15.0 Å². The molecule has 0 saturated heterocycles. The largest absolute Gasteiger partial charge is 0.255 e. The summed E-state index contributed by atoms with van der Waals surface area (Å²) in [5, 5.41) is 0. The van der Waals surface area contributed by atoms with Crippen LogP contribution in [0.5, 0.6) is 0 Å². The second kappa shape index (κ2) is 14.3. The maximum Gasteiger partial charge on any atom is 0.163 e. The van der Waals surface area contributed by atoms with E-state index in [0.29, 0.717) is 17.5 Å². The van der Waals surface area contributed by atoms with Crippen LogP contribution in [0.25, 0.3) is 67.4 Å². The third-order valence-electron chi connectivity index (χ3n) is 11.8. The van der Waals surface area contributed by atoms with E-state index in [1.165, 1.54) is 50.1 Å². The number of rotatable bonds is 7. The topological polar surface area (TPSA) is 51.6 Å². The van der Waals surface area contributed by atoms with Crippen LogP contribution in [0.2, 0.25) is 0 Å². The molecule has 2 heterocycles. The second-order valence-corrected chi connectivity index (χ2v) is 15.1. The Hall–Kier alpha value is -7.30. The molecule has 0 fully saturated rings. The summed E-state index contributed by atoms with van der Waals surface area (Å²) < 4.78 is 0. The van der Waals surface area contributed by atoms with Crippen LogP contribution in [0.1, 0.15) is 39.2 Å². The summed E-state index contributed by atoms with van der Waals surface area (Å²) >= 11 is 0. The first kappa shape index (κ1) is 35.1. The van der Waals surface area contributed by atoms with Crippen LogP contribution >= 0.6 is 0 Å². The van der Waals surface area contributed by atoms with E-state index in [4.69, 9.17) is 19.9 Å². The number of nitrogens with zero attached hydrogens (tertiary/aromatic N) is 4. The van der Waals surface area contributed by atoms with E-state index in [0.717, 1.165) is 39.1 Å². The zero-order valence-corrected chi connectivity index (χ0v) is 32.7. The summed E-state index contributed by atoms with van der Waals surface area (Å²) in [6.45, 7) is 6.33. The summed E-state index contributed by atoms with van der Waals surface area (Å²) in [6.07, 6.45) is 2.03. The van der Waals surface area contributed by atoms with Crippen LogP contribution in [-0.2, 0) is 5.41 Å². The molecule has 0 radical (unpaired) electrons. The van der Waals surface area contributed by atoms with Crippen molar-refractivity contribution in [3.63, 3.8) is 0 Å². The molecule has 1 unspecified atom stereocenters. The molecule has 1 aliphatic carbocycles. The fourth-order valence-electron chi connectivity index (χ4n) is 8.95. The minimum Gasteiger partial charge on any atom is -0.255 e. The van der Waals surface area contributed by atoms with E-state index < -0.39 is 5.41 Å². The van der Waals surface area contributed by atoms with Crippen molar-refractivity contribution in [1.82, 2.24) is 19.9 Å². The molecule has 276 valence electrons. The van der Waals surface area contributed by atoms with Crippen molar-refractivity contribution in [3.05, 3.63) is 227 Å². The number of fused-ring (bicyclic) bond motifs is 3. The average Bonchev–Trinajstić information content (AvgIpc) is 3.58. The highest BCUT2D eigenvalue weighted by atomic mass is 15.0. The van der Waals surface area contributed by atoms with E-state index in [-0.39, 0.29) is 0 Å². The van der Waals surface area contributed by atoms with Gasteiger partial charge in [0.15, 0.2) is 11.6 Å². The first-order chi connectivity index (χ1) is 28.5. The lowest BCUT2D eigenvalue weighted by Crippen LogP contribution is -2.28. The fraction of sp³-hybridized carbons (Fsp3) is 0.0741. The summed E-state index contributed by atoms with van der Waals surface area (Å²) in [6, 6.07) is 65.0. The Labute approximate surface area is 339 Å². The summed E-state index contributed by atoms with van der Waals surface area (Å²) in [7, 11) is 0. The van der Waals surface area contributed by atoms with Gasteiger partial charge in [-0.05, 0) is 88.0 Å². The van der Waals surface area contributed by atoms with E-state index in [9.17, 15) is 0 Å². The zero-order chi connectivity index (χ0) is 39.2. The number of hydrogen-bond donors (Lipinski definition) is 0. The standard InChI is InChI=1S/C54H40N4/c1-35-36(2)51(55-34-48(35)38-17-7-4-8-18-38)47-25-14-13-23-44(47)39-27-30-43(31-28-39)54(42-21-11-6-12-22-42)49-26-16-15-24-45(49)46-32-29-41(33-50(46)54)53-57-37(3)56-52(58-53)40-19-9-5-10-20-40/h4-34H,1-3H3.